The highest BCUT2D eigenvalue weighted by molar-refractivity contribution is 6.33. The second kappa shape index (κ2) is 13.8. The number of carbonyl (C=O) groups is 4. The van der Waals surface area contributed by atoms with E-state index in [-0.39, 0.29) is 115 Å². The van der Waals surface area contributed by atoms with Crippen LogP contribution in [-0.2, 0) is 0 Å². The van der Waals surface area contributed by atoms with Crippen LogP contribution in [0.1, 0.15) is 143 Å². The molecule has 14 aliphatic heterocycles. The third kappa shape index (κ3) is 4.87. The molecule has 18 nitrogen and oxygen atoms in total. The molecule has 20 bridgehead atoms. The van der Waals surface area contributed by atoms with Crippen LogP contribution in [0.15, 0.2) is 86.9 Å². The van der Waals surface area contributed by atoms with Crippen molar-refractivity contribution >= 4 is 77.5 Å². The van der Waals surface area contributed by atoms with Crippen LogP contribution in [0.2, 0.25) is 0 Å². The van der Waals surface area contributed by atoms with Crippen LogP contribution in [0.4, 0.5) is 0 Å². The summed E-state index contributed by atoms with van der Waals surface area (Å²) in [4.78, 5) is 178. The number of hydrogen-bond acceptors (Lipinski definition) is 12. The molecule has 4 amide bonds. The van der Waals surface area contributed by atoms with E-state index < -0.39 is 104 Å². The van der Waals surface area contributed by atoms with E-state index in [4.69, 9.17) is 0 Å². The molecule has 25 rings (SSSR count). The second-order valence-corrected chi connectivity index (χ2v) is 20.1. The molecule has 0 saturated heterocycles. The minimum absolute atomic E-state index is 0.0378. The van der Waals surface area contributed by atoms with Crippen molar-refractivity contribution in [1.82, 2.24) is 28.1 Å². The summed E-state index contributed by atoms with van der Waals surface area (Å²) in [6.07, 6.45) is 4.66. The first-order chi connectivity index (χ1) is 33.8. The van der Waals surface area contributed by atoms with E-state index in [1.165, 1.54) is 48.5 Å². The third-order valence-corrected chi connectivity index (χ3v) is 16.9. The van der Waals surface area contributed by atoms with Gasteiger partial charge in [0.1, 0.15) is 0 Å². The van der Waals surface area contributed by atoms with Gasteiger partial charge in [0.05, 0.1) is 79.3 Å². The monoisotopic (exact) mass is 938 g/mol. The average Bonchev–Trinajstić information content (AvgIpc) is 3.96. The third-order valence-electron chi connectivity index (χ3n) is 16.9. The molecular formula is C52H38N6O12. The van der Waals surface area contributed by atoms with Crippen LogP contribution < -0.4 is 44.5 Å². The van der Waals surface area contributed by atoms with Gasteiger partial charge in [-0.25, -0.2) is 0 Å². The lowest BCUT2D eigenvalue weighted by atomic mass is 9.82. The molecule has 3 saturated carbocycles. The fraction of sp³-hybridized carbons (Fsp3) is 0.346. The summed E-state index contributed by atoms with van der Waals surface area (Å²) < 4.78 is 4.06. The van der Waals surface area contributed by atoms with Crippen molar-refractivity contribution in [3.8, 4) is 0 Å². The molecule has 2 unspecified atom stereocenters. The Balaban J connectivity index is 1.04. The standard InChI is InChI=1S/C52H38N6O12/c59-41-21-13-15-23-40-24-16-14-22(39(21)40)42(60)53(41)33-7-1-3-9-35(33)55-45(63)25-17-29-30(18-26(25)46(55)64)50(68)57(49(29)67)37-11-5-6-12-38(37)58-51(69)31-19-27-28(20-32(31)52(58)70)48(66)56(47(27)65)36-10-4-2-8-34(36)54(43(23)61)44(24)62/h13-20,33-38H,1-12H2/t33-,34?,35?,36-,37-,38-/m0/s1. The van der Waals surface area contributed by atoms with Gasteiger partial charge in [-0.3, -0.25) is 85.6 Å². The van der Waals surface area contributed by atoms with Gasteiger partial charge in [0, 0.05) is 33.0 Å². The van der Waals surface area contributed by atoms with Crippen molar-refractivity contribution in [3.63, 3.8) is 0 Å². The Bertz CT molecular complexity index is 3820. The average molecular weight is 939 g/mol. The number of hydrogen-bond donors (Lipinski definition) is 0. The summed E-state index contributed by atoms with van der Waals surface area (Å²) in [5.41, 5.74) is -5.99. The van der Waals surface area contributed by atoms with Crippen LogP contribution in [0, 0.1) is 0 Å². The Morgan fingerprint density at radius 2 is 0.457 bits per heavy atom. The minimum atomic E-state index is -1.00. The Morgan fingerprint density at radius 1 is 0.271 bits per heavy atom. The Morgan fingerprint density at radius 3 is 0.671 bits per heavy atom. The Hall–Kier alpha value is -8.02. The number of carbonyl (C=O) groups excluding carboxylic acids is 4. The van der Waals surface area contributed by atoms with Gasteiger partial charge in [-0.1, -0.05) is 38.5 Å². The van der Waals surface area contributed by atoms with Crippen LogP contribution in [0.3, 0.4) is 0 Å². The smallest absolute Gasteiger partial charge is 0.261 e. The Labute approximate surface area is 390 Å². The molecule has 18 heteroatoms. The predicted molar refractivity (Wildman–Crippen MR) is 254 cm³/mol. The van der Waals surface area contributed by atoms with Crippen molar-refractivity contribution in [3.05, 3.63) is 154 Å². The largest absolute Gasteiger partial charge is 0.269 e. The highest BCUT2D eigenvalue weighted by atomic mass is 16.2. The molecule has 0 spiro atoms. The maximum absolute atomic E-state index is 14.8. The van der Waals surface area contributed by atoms with Crippen molar-refractivity contribution < 1.29 is 19.2 Å². The molecule has 3 fully saturated rings. The lowest BCUT2D eigenvalue weighted by molar-refractivity contribution is 0.0411. The van der Waals surface area contributed by atoms with Gasteiger partial charge in [0.15, 0.2) is 0 Å². The summed E-state index contributed by atoms with van der Waals surface area (Å²) in [6, 6.07) is 4.63. The van der Waals surface area contributed by atoms with Gasteiger partial charge in [-0.15, -0.1) is 0 Å². The maximum atomic E-state index is 14.8. The van der Waals surface area contributed by atoms with E-state index in [0.29, 0.717) is 38.5 Å². The molecule has 6 atom stereocenters. The molecule has 70 heavy (non-hydrogen) atoms. The number of rotatable bonds is 0. The summed E-state index contributed by atoms with van der Waals surface area (Å²) in [5, 5.41) is -0.866. The number of imide groups is 2. The SMILES string of the molecule is O=C1c2ccc3c4c5ccc(c24)C(=O)N1C1CCCC[C@@H]1n1c(=O)c2cc4c(=O)n(c(=O)c4cc2c1=O)[C@H]1CCCC[C@@H]1n1c(=O)c2cc4c(=O)n(c(=O)c4cc2c1=O)C1CCCC[C@@H]1N(C3=O)C5=O. The van der Waals surface area contributed by atoms with E-state index in [2.05, 4.69) is 0 Å². The summed E-state index contributed by atoms with van der Waals surface area (Å²) in [6.45, 7) is 0. The van der Waals surface area contributed by atoms with E-state index in [0.717, 1.165) is 28.1 Å². The predicted octanol–water partition coefficient (Wildman–Crippen LogP) is 3.52. The summed E-state index contributed by atoms with van der Waals surface area (Å²) >= 11 is 0. The second-order valence-electron chi connectivity index (χ2n) is 20.1. The highest BCUT2D eigenvalue weighted by Crippen LogP contribution is 2.44. The van der Waals surface area contributed by atoms with Gasteiger partial charge in [0.2, 0.25) is 0 Å². The van der Waals surface area contributed by atoms with Gasteiger partial charge in [-0.2, -0.15) is 0 Å². The molecule has 0 N–H and O–H groups in total. The summed E-state index contributed by atoms with van der Waals surface area (Å²) in [5.74, 6) is -2.94. The van der Waals surface area contributed by atoms with Gasteiger partial charge < -0.3 is 0 Å². The van der Waals surface area contributed by atoms with E-state index in [1.807, 2.05) is 0 Å². The normalized spacial score (nSPS) is 24.4. The number of nitrogens with zero attached hydrogens (tertiary/aromatic N) is 6. The lowest BCUT2D eigenvalue weighted by Gasteiger charge is -2.42. The molecule has 4 aromatic heterocycles. The van der Waals surface area contributed by atoms with Crippen LogP contribution in [0.25, 0.3) is 53.9 Å². The van der Waals surface area contributed by atoms with Gasteiger partial charge in [-0.05, 0) is 87.1 Å². The Kier molecular flexibility index (Phi) is 8.10. The van der Waals surface area contributed by atoms with Crippen LogP contribution in [-0.4, -0.2) is 63.8 Å². The molecule has 18 heterocycles. The number of benzene rings is 4. The van der Waals surface area contributed by atoms with Crippen molar-refractivity contribution in [2.24, 2.45) is 0 Å². The fourth-order valence-corrected chi connectivity index (χ4v) is 13.8. The van der Waals surface area contributed by atoms with Crippen molar-refractivity contribution in [1.29, 1.82) is 0 Å². The molecule has 4 aromatic carbocycles. The zero-order chi connectivity index (χ0) is 48.1. The van der Waals surface area contributed by atoms with Crippen LogP contribution >= 0.6 is 0 Å². The van der Waals surface area contributed by atoms with E-state index in [1.54, 1.807) is 0 Å². The first-order valence-corrected chi connectivity index (χ1v) is 24.0. The zero-order valence-corrected chi connectivity index (χ0v) is 37.2. The van der Waals surface area contributed by atoms with Gasteiger partial charge >= 0.3 is 0 Å². The lowest BCUT2D eigenvalue weighted by Crippen LogP contribution is -2.54. The highest BCUT2D eigenvalue weighted by Gasteiger charge is 2.48. The van der Waals surface area contributed by atoms with Crippen molar-refractivity contribution in [2.75, 3.05) is 0 Å². The number of aromatic nitrogens is 4. The molecule has 3 aliphatic carbocycles. The molecule has 8 aromatic rings. The topological polar surface area (TPSA) is 231 Å². The fourth-order valence-electron chi connectivity index (χ4n) is 13.8. The zero-order valence-electron chi connectivity index (χ0n) is 37.2. The maximum Gasteiger partial charge on any atom is 0.261 e. The van der Waals surface area contributed by atoms with Crippen LogP contribution in [0.5, 0.6) is 0 Å². The first kappa shape index (κ1) is 41.0. The van der Waals surface area contributed by atoms with Crippen molar-refractivity contribution in [2.45, 2.75) is 113 Å². The molecule has 17 aliphatic rings. The van der Waals surface area contributed by atoms with E-state index >= 15 is 0 Å². The quantitative estimate of drug-likeness (QED) is 0.199. The minimum Gasteiger partial charge on any atom is -0.269 e. The van der Waals surface area contributed by atoms with E-state index in [9.17, 15) is 57.5 Å². The molecule has 348 valence electrons. The summed E-state index contributed by atoms with van der Waals surface area (Å²) in [7, 11) is 0. The number of amides is 4. The van der Waals surface area contributed by atoms with Gasteiger partial charge in [0.25, 0.3) is 68.1 Å². The first-order valence-electron chi connectivity index (χ1n) is 24.0. The molecular weight excluding hydrogens is 901 g/mol. The molecule has 0 radical (unpaired) electrons.